The second-order valence-electron chi connectivity index (χ2n) is 6.58. The van der Waals surface area contributed by atoms with Gasteiger partial charge < -0.3 is 15.0 Å². The maximum atomic E-state index is 12.2. The van der Waals surface area contributed by atoms with E-state index in [4.69, 9.17) is 4.74 Å². The minimum absolute atomic E-state index is 0.0136. The molecule has 0 spiro atoms. The Morgan fingerprint density at radius 1 is 1.35 bits per heavy atom. The van der Waals surface area contributed by atoms with Crippen molar-refractivity contribution in [1.29, 1.82) is 0 Å². The van der Waals surface area contributed by atoms with Crippen LogP contribution in [0.2, 0.25) is 0 Å². The number of nitrogens with zero attached hydrogens (tertiary/aromatic N) is 3. The third-order valence-electron chi connectivity index (χ3n) is 4.48. The van der Waals surface area contributed by atoms with E-state index in [1.165, 1.54) is 0 Å². The normalized spacial score (nSPS) is 17.8. The maximum Gasteiger partial charge on any atom is 0.317 e. The number of carbonyl (C=O) groups excluding carboxylic acids is 1. The molecule has 1 saturated heterocycles. The van der Waals surface area contributed by atoms with E-state index in [2.05, 4.69) is 28.2 Å². The predicted octanol–water partition coefficient (Wildman–Crippen LogP) is 1.89. The molecule has 1 fully saturated rings. The zero-order valence-electron chi connectivity index (χ0n) is 14.6. The van der Waals surface area contributed by atoms with Crippen molar-refractivity contribution >= 4 is 6.03 Å². The fraction of sp³-hybridized carbons (Fsp3) is 0.647. The van der Waals surface area contributed by atoms with E-state index in [-0.39, 0.29) is 17.7 Å². The van der Waals surface area contributed by atoms with Gasteiger partial charge in [-0.3, -0.25) is 9.88 Å². The van der Waals surface area contributed by atoms with Gasteiger partial charge in [0.1, 0.15) is 0 Å². The van der Waals surface area contributed by atoms with Crippen molar-refractivity contribution in [2.24, 2.45) is 0 Å². The van der Waals surface area contributed by atoms with Gasteiger partial charge in [0, 0.05) is 52.1 Å². The van der Waals surface area contributed by atoms with Gasteiger partial charge in [0.15, 0.2) is 0 Å². The molecule has 1 aromatic rings. The molecule has 1 atom stereocenters. The minimum Gasteiger partial charge on any atom is -0.377 e. The highest BCUT2D eigenvalue weighted by molar-refractivity contribution is 5.74. The van der Waals surface area contributed by atoms with Crippen molar-refractivity contribution < 1.29 is 9.53 Å². The summed E-state index contributed by atoms with van der Waals surface area (Å²) in [4.78, 5) is 20.9. The Balaban J connectivity index is 1.80. The van der Waals surface area contributed by atoms with E-state index >= 15 is 0 Å². The van der Waals surface area contributed by atoms with Crippen molar-refractivity contribution in [3.05, 3.63) is 30.1 Å². The van der Waals surface area contributed by atoms with Crippen LogP contribution in [-0.2, 0) is 4.74 Å². The Labute approximate surface area is 138 Å². The molecule has 1 aliphatic rings. The first-order chi connectivity index (χ1) is 10.9. The molecule has 2 amide bonds. The maximum absolute atomic E-state index is 12.2. The van der Waals surface area contributed by atoms with Crippen LogP contribution in [0.25, 0.3) is 0 Å². The van der Waals surface area contributed by atoms with Crippen LogP contribution < -0.4 is 5.32 Å². The van der Waals surface area contributed by atoms with E-state index < -0.39 is 0 Å². The second-order valence-corrected chi connectivity index (χ2v) is 6.58. The van der Waals surface area contributed by atoms with Crippen molar-refractivity contribution in [2.75, 3.05) is 39.8 Å². The Bertz CT molecular complexity index is 499. The number of aromatic nitrogens is 1. The van der Waals surface area contributed by atoms with Crippen molar-refractivity contribution in [2.45, 2.75) is 32.4 Å². The van der Waals surface area contributed by atoms with Gasteiger partial charge in [0.25, 0.3) is 0 Å². The average molecular weight is 320 g/mol. The second kappa shape index (κ2) is 7.75. The van der Waals surface area contributed by atoms with Gasteiger partial charge in [0.2, 0.25) is 0 Å². The first-order valence-electron chi connectivity index (χ1n) is 8.16. The van der Waals surface area contributed by atoms with E-state index in [1.807, 2.05) is 37.1 Å². The highest BCUT2D eigenvalue weighted by Gasteiger charge is 2.26. The van der Waals surface area contributed by atoms with Crippen LogP contribution in [0.1, 0.15) is 32.5 Å². The number of amides is 2. The average Bonchev–Trinajstić information content (AvgIpc) is 2.60. The molecule has 1 aromatic heterocycles. The molecule has 0 aromatic carbocycles. The van der Waals surface area contributed by atoms with Crippen LogP contribution in [0.4, 0.5) is 4.79 Å². The summed E-state index contributed by atoms with van der Waals surface area (Å²) in [7, 11) is 1.66. The summed E-state index contributed by atoms with van der Waals surface area (Å²) in [5.41, 5.74) is 0.734. The summed E-state index contributed by atoms with van der Waals surface area (Å²) in [6, 6.07) is 6.26. The molecule has 1 N–H and O–H groups in total. The molecule has 0 bridgehead atoms. The van der Waals surface area contributed by atoms with Crippen LogP contribution in [0.15, 0.2) is 24.4 Å². The smallest absolute Gasteiger partial charge is 0.317 e. The van der Waals surface area contributed by atoms with Crippen LogP contribution in [0.3, 0.4) is 0 Å². The molecule has 6 heteroatoms. The number of piperazine rings is 1. The number of nitrogens with one attached hydrogen (secondary N) is 1. The van der Waals surface area contributed by atoms with Crippen LogP contribution in [-0.4, -0.2) is 66.2 Å². The monoisotopic (exact) mass is 320 g/mol. The van der Waals surface area contributed by atoms with Gasteiger partial charge >= 0.3 is 6.03 Å². The highest BCUT2D eigenvalue weighted by Crippen LogP contribution is 2.19. The summed E-state index contributed by atoms with van der Waals surface area (Å²) >= 11 is 0. The summed E-state index contributed by atoms with van der Waals surface area (Å²) < 4.78 is 5.32. The molecule has 0 aliphatic carbocycles. The molecule has 2 rings (SSSR count). The van der Waals surface area contributed by atoms with Crippen molar-refractivity contribution in [3.63, 3.8) is 0 Å². The largest absolute Gasteiger partial charge is 0.377 e. The Morgan fingerprint density at radius 3 is 2.61 bits per heavy atom. The quantitative estimate of drug-likeness (QED) is 0.900. The lowest BCUT2D eigenvalue weighted by molar-refractivity contribution is 0.0235. The molecular formula is C17H28N4O2. The lowest BCUT2D eigenvalue weighted by Crippen LogP contribution is -2.53. The number of urea groups is 1. The number of hydrogen-bond acceptors (Lipinski definition) is 4. The molecule has 1 aliphatic heterocycles. The van der Waals surface area contributed by atoms with Crippen LogP contribution in [0.5, 0.6) is 0 Å². The van der Waals surface area contributed by atoms with Gasteiger partial charge in [-0.2, -0.15) is 0 Å². The zero-order valence-corrected chi connectivity index (χ0v) is 14.6. The van der Waals surface area contributed by atoms with Gasteiger partial charge in [-0.15, -0.1) is 0 Å². The van der Waals surface area contributed by atoms with Gasteiger partial charge in [-0.1, -0.05) is 6.07 Å². The van der Waals surface area contributed by atoms with Gasteiger partial charge in [0.05, 0.1) is 11.3 Å². The Hall–Kier alpha value is -1.66. The Kier molecular flexibility index (Phi) is 5.96. The Morgan fingerprint density at radius 2 is 2.04 bits per heavy atom. The van der Waals surface area contributed by atoms with Crippen LogP contribution >= 0.6 is 0 Å². The van der Waals surface area contributed by atoms with E-state index in [1.54, 1.807) is 7.11 Å². The lowest BCUT2D eigenvalue weighted by atomic mass is 10.1. The van der Waals surface area contributed by atoms with Gasteiger partial charge in [-0.25, -0.2) is 4.79 Å². The number of hydrogen-bond donors (Lipinski definition) is 1. The first kappa shape index (κ1) is 17.7. The molecule has 6 nitrogen and oxygen atoms in total. The summed E-state index contributed by atoms with van der Waals surface area (Å²) in [5, 5.41) is 2.95. The molecule has 1 unspecified atom stereocenters. The number of carbonyl (C=O) groups is 1. The van der Waals surface area contributed by atoms with E-state index in [9.17, 15) is 4.79 Å². The molecule has 0 radical (unpaired) electrons. The van der Waals surface area contributed by atoms with Gasteiger partial charge in [-0.05, 0) is 32.9 Å². The summed E-state index contributed by atoms with van der Waals surface area (Å²) in [6.45, 7) is 9.77. The SMILES string of the molecule is COC(C)(C)CNC(=O)N1CCN(C(C)c2ccccn2)CC1. The molecule has 23 heavy (non-hydrogen) atoms. The number of ether oxygens (including phenoxy) is 1. The summed E-state index contributed by atoms with van der Waals surface area (Å²) in [5.74, 6) is 0. The third-order valence-corrected chi connectivity index (χ3v) is 4.48. The third kappa shape index (κ3) is 4.91. The lowest BCUT2D eigenvalue weighted by Gasteiger charge is -2.38. The number of pyridine rings is 1. The topological polar surface area (TPSA) is 57.7 Å². The molecular weight excluding hydrogens is 292 g/mol. The predicted molar refractivity (Wildman–Crippen MR) is 90.3 cm³/mol. The fourth-order valence-corrected chi connectivity index (χ4v) is 2.59. The first-order valence-corrected chi connectivity index (χ1v) is 8.16. The molecule has 0 saturated carbocycles. The highest BCUT2D eigenvalue weighted by atomic mass is 16.5. The van der Waals surface area contributed by atoms with Crippen LogP contribution in [0, 0.1) is 0 Å². The van der Waals surface area contributed by atoms with Crippen molar-refractivity contribution in [1.82, 2.24) is 20.1 Å². The molecule has 128 valence electrons. The fourth-order valence-electron chi connectivity index (χ4n) is 2.59. The van der Waals surface area contributed by atoms with E-state index in [0.717, 1.165) is 31.9 Å². The number of rotatable bonds is 5. The molecule has 2 heterocycles. The summed E-state index contributed by atoms with van der Waals surface area (Å²) in [6.07, 6.45) is 1.83. The zero-order chi connectivity index (χ0) is 16.9. The van der Waals surface area contributed by atoms with E-state index in [0.29, 0.717) is 6.54 Å². The standard InChI is InChI=1S/C17H28N4O2/c1-14(15-7-5-6-8-18-15)20-9-11-21(12-10-20)16(22)19-13-17(2,3)23-4/h5-8,14H,9-13H2,1-4H3,(H,19,22). The van der Waals surface area contributed by atoms with Crippen molar-refractivity contribution in [3.8, 4) is 0 Å². The minimum atomic E-state index is -0.342. The number of methoxy groups -OCH3 is 1.